The number of benzene rings is 3. The van der Waals surface area contributed by atoms with Gasteiger partial charge in [0.2, 0.25) is 0 Å². The van der Waals surface area contributed by atoms with E-state index in [2.05, 4.69) is 4.98 Å². The fourth-order valence-electron chi connectivity index (χ4n) is 4.08. The Bertz CT molecular complexity index is 1470. The Morgan fingerprint density at radius 1 is 1.03 bits per heavy atom. The summed E-state index contributed by atoms with van der Waals surface area (Å²) >= 11 is 6.40. The van der Waals surface area contributed by atoms with Crippen LogP contribution in [0.2, 0.25) is 5.02 Å². The molecule has 0 saturated heterocycles. The summed E-state index contributed by atoms with van der Waals surface area (Å²) in [5.41, 5.74) is 3.37. The average Bonchev–Trinajstić information content (AvgIpc) is 3.09. The van der Waals surface area contributed by atoms with Gasteiger partial charge in [0.1, 0.15) is 16.9 Å². The van der Waals surface area contributed by atoms with Gasteiger partial charge in [-0.15, -0.1) is 0 Å². The van der Waals surface area contributed by atoms with E-state index >= 15 is 0 Å². The molecule has 0 aliphatic carbocycles. The number of aromatic nitrogens is 3. The summed E-state index contributed by atoms with van der Waals surface area (Å²) in [7, 11) is 0. The van der Waals surface area contributed by atoms with Crippen LogP contribution in [0.1, 0.15) is 24.1 Å². The highest BCUT2D eigenvalue weighted by Crippen LogP contribution is 2.29. The molecule has 0 aliphatic rings. The summed E-state index contributed by atoms with van der Waals surface area (Å²) in [6.07, 6.45) is 1.55. The number of fused-ring (bicyclic) bond motifs is 3. The molecule has 5 aromatic rings. The van der Waals surface area contributed by atoms with Crippen molar-refractivity contribution in [1.29, 1.82) is 0 Å². The highest BCUT2D eigenvalue weighted by Gasteiger charge is 2.20. The van der Waals surface area contributed by atoms with Crippen LogP contribution in [0.3, 0.4) is 0 Å². The van der Waals surface area contributed by atoms with Crippen LogP contribution in [-0.2, 0) is 6.54 Å². The molecular weight excluding hydrogens is 413 g/mol. The van der Waals surface area contributed by atoms with Gasteiger partial charge in [0.05, 0.1) is 17.9 Å². The maximum atomic E-state index is 14.1. The summed E-state index contributed by atoms with van der Waals surface area (Å²) in [5.74, 6) is -0.368. The molecule has 0 aliphatic heterocycles. The third-order valence-electron chi connectivity index (χ3n) is 5.73. The van der Waals surface area contributed by atoms with Gasteiger partial charge in [-0.3, -0.25) is 9.36 Å². The normalized spacial score (nSPS) is 12.5. The molecule has 0 fully saturated rings. The zero-order valence-corrected chi connectivity index (χ0v) is 17.6. The summed E-state index contributed by atoms with van der Waals surface area (Å²) in [5, 5.41) is 1.22. The van der Waals surface area contributed by atoms with Crippen LogP contribution >= 0.6 is 11.6 Å². The van der Waals surface area contributed by atoms with Gasteiger partial charge in [0, 0.05) is 17.0 Å². The van der Waals surface area contributed by atoms with Gasteiger partial charge in [-0.25, -0.2) is 9.37 Å². The monoisotopic (exact) mass is 431 g/mol. The molecule has 0 unspecified atom stereocenters. The SMILES string of the molecule is C[C@H](c1ccccc1)n1cnc2c3cc(F)ccc3n(Cc3ccccc3Cl)c2c1=O. The standard InChI is InChI=1S/C25H19ClFN3O/c1-16(17-7-3-2-4-8-17)30-15-28-23-20-13-19(27)11-12-22(20)29(24(23)25(30)31)14-18-9-5-6-10-21(18)26/h2-13,15-16H,14H2,1H3/t16-/m1/s1. The van der Waals surface area contributed by atoms with Gasteiger partial charge >= 0.3 is 0 Å². The Labute approximate surface area is 183 Å². The van der Waals surface area contributed by atoms with E-state index in [-0.39, 0.29) is 17.4 Å². The minimum absolute atomic E-state index is 0.176. The van der Waals surface area contributed by atoms with Crippen LogP contribution < -0.4 is 5.56 Å². The second-order valence-electron chi connectivity index (χ2n) is 7.58. The van der Waals surface area contributed by atoms with Crippen LogP contribution in [0.4, 0.5) is 4.39 Å². The van der Waals surface area contributed by atoms with Gasteiger partial charge < -0.3 is 4.57 Å². The molecule has 6 heteroatoms. The van der Waals surface area contributed by atoms with Crippen molar-refractivity contribution in [2.24, 2.45) is 0 Å². The highest BCUT2D eigenvalue weighted by atomic mass is 35.5. The number of halogens is 2. The highest BCUT2D eigenvalue weighted by molar-refractivity contribution is 6.31. The van der Waals surface area contributed by atoms with Crippen molar-refractivity contribution >= 4 is 33.5 Å². The molecule has 5 rings (SSSR count). The van der Waals surface area contributed by atoms with Crippen LogP contribution in [0.5, 0.6) is 0 Å². The van der Waals surface area contributed by atoms with E-state index in [1.165, 1.54) is 12.1 Å². The summed E-state index contributed by atoms with van der Waals surface area (Å²) < 4.78 is 17.6. The van der Waals surface area contributed by atoms with Gasteiger partial charge in [0.25, 0.3) is 5.56 Å². The Morgan fingerprint density at radius 3 is 2.55 bits per heavy atom. The minimum Gasteiger partial charge on any atom is -0.330 e. The minimum atomic E-state index is -0.368. The largest absolute Gasteiger partial charge is 0.330 e. The van der Waals surface area contributed by atoms with E-state index in [1.807, 2.05) is 66.1 Å². The average molecular weight is 432 g/mol. The summed E-state index contributed by atoms with van der Waals surface area (Å²) in [4.78, 5) is 18.3. The van der Waals surface area contributed by atoms with Crippen LogP contribution in [0.15, 0.2) is 83.9 Å². The number of hydrogen-bond acceptors (Lipinski definition) is 2. The van der Waals surface area contributed by atoms with Gasteiger partial charge in [0.15, 0.2) is 0 Å². The molecule has 3 aromatic carbocycles. The predicted molar refractivity (Wildman–Crippen MR) is 122 cm³/mol. The molecule has 154 valence electrons. The first-order valence-corrected chi connectivity index (χ1v) is 10.4. The van der Waals surface area contributed by atoms with Gasteiger partial charge in [-0.1, -0.05) is 60.1 Å². The predicted octanol–water partition coefficient (Wildman–Crippen LogP) is 5.80. The Balaban J connectivity index is 1.79. The fourth-order valence-corrected chi connectivity index (χ4v) is 4.28. The number of hydrogen-bond donors (Lipinski definition) is 0. The van der Waals surface area contributed by atoms with E-state index in [0.717, 1.165) is 16.6 Å². The summed E-state index contributed by atoms with van der Waals surface area (Å²) in [6, 6.07) is 21.6. The molecule has 0 spiro atoms. The second kappa shape index (κ2) is 7.67. The lowest BCUT2D eigenvalue weighted by atomic mass is 10.1. The molecule has 0 N–H and O–H groups in total. The van der Waals surface area contributed by atoms with Crippen molar-refractivity contribution in [3.05, 3.63) is 111 Å². The fraction of sp³-hybridized carbons (Fsp3) is 0.120. The van der Waals surface area contributed by atoms with Crippen molar-refractivity contribution in [3.8, 4) is 0 Å². The van der Waals surface area contributed by atoms with Crippen molar-refractivity contribution < 1.29 is 4.39 Å². The van der Waals surface area contributed by atoms with Gasteiger partial charge in [-0.05, 0) is 42.3 Å². The topological polar surface area (TPSA) is 39.8 Å². The van der Waals surface area contributed by atoms with Crippen molar-refractivity contribution in [2.75, 3.05) is 0 Å². The number of rotatable bonds is 4. The lowest BCUT2D eigenvalue weighted by Crippen LogP contribution is -2.26. The molecule has 0 amide bonds. The molecule has 31 heavy (non-hydrogen) atoms. The molecule has 2 heterocycles. The lowest BCUT2D eigenvalue weighted by Gasteiger charge is -2.16. The van der Waals surface area contributed by atoms with Crippen LogP contribution in [0.25, 0.3) is 21.9 Å². The Morgan fingerprint density at radius 2 is 1.77 bits per heavy atom. The summed E-state index contributed by atoms with van der Waals surface area (Å²) in [6.45, 7) is 2.34. The molecule has 0 bridgehead atoms. The van der Waals surface area contributed by atoms with Crippen LogP contribution in [-0.4, -0.2) is 14.1 Å². The lowest BCUT2D eigenvalue weighted by molar-refractivity contribution is 0.606. The Hall–Kier alpha value is -3.44. The van der Waals surface area contributed by atoms with E-state index in [9.17, 15) is 9.18 Å². The maximum absolute atomic E-state index is 14.1. The van der Waals surface area contributed by atoms with Crippen molar-refractivity contribution in [1.82, 2.24) is 14.1 Å². The van der Waals surface area contributed by atoms with E-state index in [0.29, 0.717) is 28.0 Å². The van der Waals surface area contributed by atoms with Gasteiger partial charge in [-0.2, -0.15) is 0 Å². The molecule has 4 nitrogen and oxygen atoms in total. The quantitative estimate of drug-likeness (QED) is 0.360. The number of nitrogens with zero attached hydrogens (tertiary/aromatic N) is 3. The van der Waals surface area contributed by atoms with E-state index < -0.39 is 0 Å². The van der Waals surface area contributed by atoms with E-state index in [1.54, 1.807) is 17.0 Å². The van der Waals surface area contributed by atoms with Crippen molar-refractivity contribution in [3.63, 3.8) is 0 Å². The zero-order valence-electron chi connectivity index (χ0n) is 16.8. The zero-order chi connectivity index (χ0) is 21.5. The molecule has 2 aromatic heterocycles. The second-order valence-corrected chi connectivity index (χ2v) is 7.99. The molecular formula is C25H19ClFN3O. The Kier molecular flexibility index (Phi) is 4.83. The maximum Gasteiger partial charge on any atom is 0.278 e. The first-order chi connectivity index (χ1) is 15.0. The first kappa shape index (κ1) is 19.5. The first-order valence-electron chi connectivity index (χ1n) is 10.0. The van der Waals surface area contributed by atoms with E-state index in [4.69, 9.17) is 11.6 Å². The molecule has 0 radical (unpaired) electrons. The third-order valence-corrected chi connectivity index (χ3v) is 6.10. The molecule has 1 atom stereocenters. The molecule has 0 saturated carbocycles. The third kappa shape index (κ3) is 3.31. The van der Waals surface area contributed by atoms with Crippen molar-refractivity contribution in [2.45, 2.75) is 19.5 Å². The van der Waals surface area contributed by atoms with Crippen LogP contribution in [0, 0.1) is 5.82 Å². The smallest absolute Gasteiger partial charge is 0.278 e.